The first-order chi connectivity index (χ1) is 8.98. The summed E-state index contributed by atoms with van der Waals surface area (Å²) in [6, 6.07) is 6.75. The van der Waals surface area contributed by atoms with Gasteiger partial charge < -0.3 is 10.6 Å². The molecule has 1 aromatic carbocycles. The van der Waals surface area contributed by atoms with E-state index in [9.17, 15) is 4.39 Å². The van der Waals surface area contributed by atoms with E-state index in [1.165, 1.54) is 18.6 Å². The highest BCUT2D eigenvalue weighted by molar-refractivity contribution is 5.45. The Labute approximate surface area is 116 Å². The third-order valence-corrected chi connectivity index (χ3v) is 3.66. The fourth-order valence-corrected chi connectivity index (χ4v) is 2.13. The average molecular weight is 266 g/mol. The van der Waals surface area contributed by atoms with Crippen LogP contribution in [0, 0.1) is 11.2 Å². The SMILES string of the molecule is CCN(CCCCC(C)(C)CN)c1ccc(F)cc1. The molecule has 0 saturated heterocycles. The van der Waals surface area contributed by atoms with E-state index in [-0.39, 0.29) is 11.2 Å². The van der Waals surface area contributed by atoms with Crippen molar-refractivity contribution < 1.29 is 4.39 Å². The van der Waals surface area contributed by atoms with Crippen LogP contribution in [0.25, 0.3) is 0 Å². The van der Waals surface area contributed by atoms with E-state index in [4.69, 9.17) is 5.73 Å². The lowest BCUT2D eigenvalue weighted by Crippen LogP contribution is -2.26. The molecule has 0 aliphatic heterocycles. The van der Waals surface area contributed by atoms with Gasteiger partial charge in [0.15, 0.2) is 0 Å². The van der Waals surface area contributed by atoms with Gasteiger partial charge in [0.1, 0.15) is 5.82 Å². The molecule has 1 aromatic rings. The fourth-order valence-electron chi connectivity index (χ4n) is 2.13. The van der Waals surface area contributed by atoms with Crippen molar-refractivity contribution in [3.8, 4) is 0 Å². The zero-order valence-electron chi connectivity index (χ0n) is 12.5. The molecule has 0 aromatic heterocycles. The van der Waals surface area contributed by atoms with E-state index in [2.05, 4.69) is 25.7 Å². The van der Waals surface area contributed by atoms with Gasteiger partial charge in [-0.25, -0.2) is 4.39 Å². The minimum Gasteiger partial charge on any atom is -0.372 e. The van der Waals surface area contributed by atoms with Gasteiger partial charge in [-0.3, -0.25) is 0 Å². The molecule has 0 atom stereocenters. The Kier molecular flexibility index (Phi) is 6.29. The third-order valence-electron chi connectivity index (χ3n) is 3.66. The van der Waals surface area contributed by atoms with Crippen LogP contribution in [0.1, 0.15) is 40.0 Å². The molecule has 0 amide bonds. The maximum atomic E-state index is 12.9. The highest BCUT2D eigenvalue weighted by atomic mass is 19.1. The standard InChI is InChI=1S/C16H27FN2/c1-4-19(15-9-7-14(17)8-10-15)12-6-5-11-16(2,3)13-18/h7-10H,4-6,11-13,18H2,1-3H3. The molecule has 2 nitrogen and oxygen atoms in total. The Hall–Kier alpha value is -1.09. The van der Waals surface area contributed by atoms with Crippen LogP contribution in [0.5, 0.6) is 0 Å². The molecule has 19 heavy (non-hydrogen) atoms. The van der Waals surface area contributed by atoms with Crippen LogP contribution < -0.4 is 10.6 Å². The minimum absolute atomic E-state index is 0.176. The summed E-state index contributed by atoms with van der Waals surface area (Å²) in [7, 11) is 0. The van der Waals surface area contributed by atoms with Crippen LogP contribution >= 0.6 is 0 Å². The van der Waals surface area contributed by atoms with Crippen molar-refractivity contribution >= 4 is 5.69 Å². The van der Waals surface area contributed by atoms with E-state index in [1.807, 2.05) is 12.1 Å². The second kappa shape index (κ2) is 7.49. The maximum Gasteiger partial charge on any atom is 0.123 e. The Morgan fingerprint density at radius 2 is 1.79 bits per heavy atom. The summed E-state index contributed by atoms with van der Waals surface area (Å²) in [5.74, 6) is -0.176. The predicted octanol–water partition coefficient (Wildman–Crippen LogP) is 3.81. The van der Waals surface area contributed by atoms with E-state index in [0.29, 0.717) is 0 Å². The zero-order chi connectivity index (χ0) is 14.3. The number of hydrogen-bond acceptors (Lipinski definition) is 2. The van der Waals surface area contributed by atoms with Crippen molar-refractivity contribution in [1.82, 2.24) is 0 Å². The van der Waals surface area contributed by atoms with Gasteiger partial charge in [0.25, 0.3) is 0 Å². The first kappa shape index (κ1) is 16.0. The summed E-state index contributed by atoms with van der Waals surface area (Å²) in [5.41, 5.74) is 7.08. The molecule has 0 unspecified atom stereocenters. The van der Waals surface area contributed by atoms with Crippen molar-refractivity contribution in [2.45, 2.75) is 40.0 Å². The first-order valence-electron chi connectivity index (χ1n) is 7.19. The predicted molar refractivity (Wildman–Crippen MR) is 81.0 cm³/mol. The Morgan fingerprint density at radius 1 is 1.16 bits per heavy atom. The molecular formula is C16H27FN2. The quantitative estimate of drug-likeness (QED) is 0.725. The van der Waals surface area contributed by atoms with Crippen molar-refractivity contribution in [3.05, 3.63) is 30.1 Å². The molecule has 0 spiro atoms. The monoisotopic (exact) mass is 266 g/mol. The summed E-state index contributed by atoms with van der Waals surface area (Å²) < 4.78 is 12.9. The Morgan fingerprint density at radius 3 is 2.32 bits per heavy atom. The minimum atomic E-state index is -0.176. The third kappa shape index (κ3) is 5.60. The smallest absolute Gasteiger partial charge is 0.123 e. The second-order valence-corrected chi connectivity index (χ2v) is 5.88. The normalized spacial score (nSPS) is 11.6. The van der Waals surface area contributed by atoms with Gasteiger partial charge in [0.05, 0.1) is 0 Å². The van der Waals surface area contributed by atoms with Crippen LogP contribution in [-0.4, -0.2) is 19.6 Å². The molecule has 0 bridgehead atoms. The van der Waals surface area contributed by atoms with Gasteiger partial charge in [-0.1, -0.05) is 20.3 Å². The number of nitrogens with two attached hydrogens (primary N) is 1. The van der Waals surface area contributed by atoms with Crippen molar-refractivity contribution in [1.29, 1.82) is 0 Å². The second-order valence-electron chi connectivity index (χ2n) is 5.88. The lowest BCUT2D eigenvalue weighted by molar-refractivity contribution is 0.333. The number of nitrogens with zero attached hydrogens (tertiary/aromatic N) is 1. The average Bonchev–Trinajstić information content (AvgIpc) is 2.40. The van der Waals surface area contributed by atoms with Gasteiger partial charge in [0, 0.05) is 18.8 Å². The topological polar surface area (TPSA) is 29.3 Å². The summed E-state index contributed by atoms with van der Waals surface area (Å²) in [6.45, 7) is 9.26. The molecule has 0 heterocycles. The molecule has 3 heteroatoms. The van der Waals surface area contributed by atoms with Crippen molar-refractivity contribution in [2.75, 3.05) is 24.5 Å². The molecule has 2 N–H and O–H groups in total. The van der Waals surface area contributed by atoms with Crippen LogP contribution in [0.3, 0.4) is 0 Å². The van der Waals surface area contributed by atoms with Gasteiger partial charge >= 0.3 is 0 Å². The lowest BCUT2D eigenvalue weighted by atomic mass is 9.87. The number of rotatable bonds is 8. The molecule has 0 saturated carbocycles. The van der Waals surface area contributed by atoms with Gasteiger partial charge in [-0.2, -0.15) is 0 Å². The summed E-state index contributed by atoms with van der Waals surface area (Å²) in [4.78, 5) is 2.29. The molecule has 0 radical (unpaired) electrons. The van der Waals surface area contributed by atoms with Gasteiger partial charge in [-0.05, 0) is 56.0 Å². The van der Waals surface area contributed by atoms with Crippen LogP contribution in [0.4, 0.5) is 10.1 Å². The molecule has 108 valence electrons. The molecular weight excluding hydrogens is 239 g/mol. The summed E-state index contributed by atoms with van der Waals surface area (Å²) in [6.07, 6.45) is 3.49. The highest BCUT2D eigenvalue weighted by Crippen LogP contribution is 2.22. The fraction of sp³-hybridized carbons (Fsp3) is 0.625. The lowest BCUT2D eigenvalue weighted by Gasteiger charge is -2.25. The summed E-state index contributed by atoms with van der Waals surface area (Å²) in [5, 5.41) is 0. The van der Waals surface area contributed by atoms with Gasteiger partial charge in [0.2, 0.25) is 0 Å². The Bertz CT molecular complexity index is 360. The van der Waals surface area contributed by atoms with Crippen LogP contribution in [-0.2, 0) is 0 Å². The molecule has 0 aliphatic rings. The first-order valence-corrected chi connectivity index (χ1v) is 7.19. The van der Waals surface area contributed by atoms with Crippen LogP contribution in [0.15, 0.2) is 24.3 Å². The number of halogens is 1. The maximum absolute atomic E-state index is 12.9. The molecule has 0 fully saturated rings. The number of hydrogen-bond donors (Lipinski definition) is 1. The number of benzene rings is 1. The molecule has 0 aliphatic carbocycles. The zero-order valence-corrected chi connectivity index (χ0v) is 12.5. The summed E-state index contributed by atoms with van der Waals surface area (Å²) >= 11 is 0. The molecule has 1 rings (SSSR count). The number of unbranched alkanes of at least 4 members (excludes halogenated alkanes) is 1. The Balaban J connectivity index is 2.39. The van der Waals surface area contributed by atoms with E-state index >= 15 is 0 Å². The van der Waals surface area contributed by atoms with E-state index in [0.717, 1.165) is 38.2 Å². The van der Waals surface area contributed by atoms with Crippen molar-refractivity contribution in [2.24, 2.45) is 11.1 Å². The van der Waals surface area contributed by atoms with E-state index < -0.39 is 0 Å². The largest absolute Gasteiger partial charge is 0.372 e. The van der Waals surface area contributed by atoms with Gasteiger partial charge in [-0.15, -0.1) is 0 Å². The van der Waals surface area contributed by atoms with Crippen molar-refractivity contribution in [3.63, 3.8) is 0 Å². The highest BCUT2D eigenvalue weighted by Gasteiger charge is 2.14. The number of anilines is 1. The van der Waals surface area contributed by atoms with E-state index in [1.54, 1.807) is 0 Å². The van der Waals surface area contributed by atoms with Crippen LogP contribution in [0.2, 0.25) is 0 Å².